The molecule has 0 atom stereocenters. The second-order valence-corrected chi connectivity index (χ2v) is 5.78. The smallest absolute Gasteiger partial charge is 0.115 e. The lowest BCUT2D eigenvalue weighted by Gasteiger charge is -2.31. The molecule has 0 fully saturated rings. The van der Waals surface area contributed by atoms with E-state index in [2.05, 4.69) is 15.9 Å². The predicted molar refractivity (Wildman–Crippen MR) is 81.8 cm³/mol. The van der Waals surface area contributed by atoms with Crippen LogP contribution < -0.4 is 0 Å². The van der Waals surface area contributed by atoms with Crippen molar-refractivity contribution < 1.29 is 15.3 Å². The quantitative estimate of drug-likeness (QED) is 0.786. The van der Waals surface area contributed by atoms with Gasteiger partial charge in [-0.2, -0.15) is 0 Å². The number of aliphatic hydroxyl groups excluding tert-OH is 2. The molecule has 0 aliphatic heterocycles. The first-order valence-electron chi connectivity index (χ1n) is 6.36. The highest BCUT2D eigenvalue weighted by Gasteiger charge is 2.33. The van der Waals surface area contributed by atoms with Crippen LogP contribution in [0.25, 0.3) is 0 Å². The van der Waals surface area contributed by atoms with Crippen molar-refractivity contribution in [2.24, 2.45) is 0 Å². The van der Waals surface area contributed by atoms with Crippen molar-refractivity contribution in [2.45, 2.75) is 11.8 Å². The van der Waals surface area contributed by atoms with Crippen LogP contribution in [0.3, 0.4) is 0 Å². The molecule has 106 valence electrons. The average molecular weight is 337 g/mol. The third-order valence-corrected chi connectivity index (χ3v) is 4.20. The number of aliphatic hydroxyl groups is 2. The van der Waals surface area contributed by atoms with Crippen molar-refractivity contribution in [3.8, 4) is 5.75 Å². The Morgan fingerprint density at radius 1 is 0.950 bits per heavy atom. The number of halogens is 1. The van der Waals surface area contributed by atoms with Gasteiger partial charge in [0.1, 0.15) is 5.75 Å². The first-order chi connectivity index (χ1) is 9.61. The maximum Gasteiger partial charge on any atom is 0.115 e. The molecule has 3 nitrogen and oxygen atoms in total. The number of aromatic hydroxyl groups is 1. The van der Waals surface area contributed by atoms with E-state index in [0.29, 0.717) is 6.42 Å². The Morgan fingerprint density at radius 3 is 2.25 bits per heavy atom. The highest BCUT2D eigenvalue weighted by Crippen LogP contribution is 2.33. The van der Waals surface area contributed by atoms with Gasteiger partial charge in [0.25, 0.3) is 0 Å². The van der Waals surface area contributed by atoms with Gasteiger partial charge in [-0.25, -0.2) is 0 Å². The monoisotopic (exact) mass is 336 g/mol. The van der Waals surface area contributed by atoms with Crippen LogP contribution in [0.5, 0.6) is 5.75 Å². The van der Waals surface area contributed by atoms with E-state index >= 15 is 0 Å². The number of hydrogen-bond donors (Lipinski definition) is 3. The van der Waals surface area contributed by atoms with Crippen molar-refractivity contribution in [3.05, 3.63) is 64.1 Å². The number of hydrogen-bond acceptors (Lipinski definition) is 3. The van der Waals surface area contributed by atoms with Crippen LogP contribution in [0.1, 0.15) is 11.1 Å². The van der Waals surface area contributed by atoms with Crippen molar-refractivity contribution in [2.75, 3.05) is 13.2 Å². The Hall–Kier alpha value is -1.36. The fourth-order valence-corrected chi connectivity index (χ4v) is 3.08. The molecule has 0 aliphatic rings. The van der Waals surface area contributed by atoms with Gasteiger partial charge in [0.15, 0.2) is 0 Å². The number of phenols is 1. The van der Waals surface area contributed by atoms with Gasteiger partial charge in [0.2, 0.25) is 0 Å². The molecule has 0 radical (unpaired) electrons. The third-order valence-electron chi connectivity index (χ3n) is 3.50. The van der Waals surface area contributed by atoms with Gasteiger partial charge in [-0.3, -0.25) is 0 Å². The lowest BCUT2D eigenvalue weighted by Crippen LogP contribution is -2.37. The van der Waals surface area contributed by atoms with Gasteiger partial charge in [-0.05, 0) is 35.7 Å². The molecule has 4 heteroatoms. The van der Waals surface area contributed by atoms with E-state index in [1.807, 2.05) is 30.3 Å². The lowest BCUT2D eigenvalue weighted by atomic mass is 9.77. The minimum atomic E-state index is -0.784. The Balaban J connectivity index is 2.42. The molecule has 0 heterocycles. The van der Waals surface area contributed by atoms with Gasteiger partial charge in [0.05, 0.1) is 13.2 Å². The second kappa shape index (κ2) is 6.39. The lowest BCUT2D eigenvalue weighted by molar-refractivity contribution is 0.115. The zero-order valence-electron chi connectivity index (χ0n) is 11.0. The summed E-state index contributed by atoms with van der Waals surface area (Å²) in [5, 5.41) is 29.2. The van der Waals surface area contributed by atoms with Crippen molar-refractivity contribution in [3.63, 3.8) is 0 Å². The summed E-state index contributed by atoms with van der Waals surface area (Å²) >= 11 is 3.47. The van der Waals surface area contributed by atoms with Gasteiger partial charge in [-0.15, -0.1) is 0 Å². The van der Waals surface area contributed by atoms with Crippen LogP contribution in [0.2, 0.25) is 0 Å². The fourth-order valence-electron chi connectivity index (χ4n) is 2.38. The molecule has 0 saturated heterocycles. The Labute approximate surface area is 126 Å². The minimum absolute atomic E-state index is 0.179. The van der Waals surface area contributed by atoms with Gasteiger partial charge in [0, 0.05) is 9.89 Å². The summed E-state index contributed by atoms with van der Waals surface area (Å²) in [5.74, 6) is 0.180. The van der Waals surface area contributed by atoms with E-state index in [1.54, 1.807) is 18.2 Å². The average Bonchev–Trinajstić information content (AvgIpc) is 2.46. The second-order valence-electron chi connectivity index (χ2n) is 4.92. The molecule has 0 bridgehead atoms. The van der Waals surface area contributed by atoms with Gasteiger partial charge >= 0.3 is 0 Å². The largest absolute Gasteiger partial charge is 0.508 e. The number of phenolic OH excluding ortho intramolecular Hbond substituents is 1. The first kappa shape index (κ1) is 15.0. The molecule has 0 aliphatic carbocycles. The molecular formula is C16H17BrO3. The summed E-state index contributed by atoms with van der Waals surface area (Å²) in [4.78, 5) is 0. The van der Waals surface area contributed by atoms with Crippen LogP contribution in [-0.2, 0) is 11.8 Å². The van der Waals surface area contributed by atoms with E-state index in [0.717, 1.165) is 15.6 Å². The zero-order chi connectivity index (χ0) is 14.6. The molecular weight excluding hydrogens is 320 g/mol. The summed E-state index contributed by atoms with van der Waals surface area (Å²) in [7, 11) is 0. The highest BCUT2D eigenvalue weighted by molar-refractivity contribution is 9.10. The zero-order valence-corrected chi connectivity index (χ0v) is 12.5. The van der Waals surface area contributed by atoms with E-state index < -0.39 is 5.41 Å². The summed E-state index contributed by atoms with van der Waals surface area (Å²) in [5.41, 5.74) is 0.936. The molecule has 0 spiro atoms. The Kier molecular flexibility index (Phi) is 4.81. The fraction of sp³-hybridized carbons (Fsp3) is 0.250. The summed E-state index contributed by atoms with van der Waals surface area (Å²) in [6.45, 7) is -0.358. The van der Waals surface area contributed by atoms with Gasteiger partial charge < -0.3 is 15.3 Å². The SMILES string of the molecule is OCC(CO)(Cc1cccc(O)c1)c1ccccc1Br. The molecule has 0 saturated carbocycles. The maximum atomic E-state index is 9.84. The maximum absolute atomic E-state index is 9.84. The molecule has 20 heavy (non-hydrogen) atoms. The molecule has 2 aromatic rings. The van der Waals surface area contributed by atoms with Gasteiger partial charge in [-0.1, -0.05) is 46.3 Å². The van der Waals surface area contributed by atoms with Crippen LogP contribution in [0, 0.1) is 0 Å². The predicted octanol–water partition coefficient (Wildman–Crippen LogP) is 2.62. The van der Waals surface area contributed by atoms with Crippen molar-refractivity contribution >= 4 is 15.9 Å². The highest BCUT2D eigenvalue weighted by atomic mass is 79.9. The van der Waals surface area contributed by atoms with E-state index in [1.165, 1.54) is 0 Å². The summed E-state index contributed by atoms with van der Waals surface area (Å²) in [6, 6.07) is 14.4. The first-order valence-corrected chi connectivity index (χ1v) is 7.15. The van der Waals surface area contributed by atoms with Crippen LogP contribution in [0.15, 0.2) is 53.0 Å². The molecule has 2 rings (SSSR count). The molecule has 0 amide bonds. The van der Waals surface area contributed by atoms with Crippen LogP contribution >= 0.6 is 15.9 Å². The van der Waals surface area contributed by atoms with Crippen molar-refractivity contribution in [1.29, 1.82) is 0 Å². The minimum Gasteiger partial charge on any atom is -0.508 e. The Bertz CT molecular complexity index is 579. The van der Waals surface area contributed by atoms with Crippen molar-refractivity contribution in [1.82, 2.24) is 0 Å². The van der Waals surface area contributed by atoms with Crippen LogP contribution in [0.4, 0.5) is 0 Å². The Morgan fingerprint density at radius 2 is 1.65 bits per heavy atom. The summed E-state index contributed by atoms with van der Waals surface area (Å²) < 4.78 is 0.850. The van der Waals surface area contributed by atoms with E-state index in [9.17, 15) is 15.3 Å². The topological polar surface area (TPSA) is 60.7 Å². The standard InChI is InChI=1S/C16H17BrO3/c17-15-7-2-1-6-14(15)16(10-18,11-19)9-12-4-3-5-13(20)8-12/h1-8,18-20H,9-11H2. The molecule has 0 aromatic heterocycles. The molecule has 0 unspecified atom stereocenters. The number of rotatable bonds is 5. The van der Waals surface area contributed by atoms with E-state index in [-0.39, 0.29) is 19.0 Å². The van der Waals surface area contributed by atoms with E-state index in [4.69, 9.17) is 0 Å². The molecule has 2 aromatic carbocycles. The normalized spacial score (nSPS) is 11.6. The van der Waals surface area contributed by atoms with Crippen LogP contribution in [-0.4, -0.2) is 28.5 Å². The molecule has 3 N–H and O–H groups in total. The summed E-state index contributed by atoms with van der Waals surface area (Å²) in [6.07, 6.45) is 0.441. The number of benzene rings is 2. The third kappa shape index (κ3) is 3.03.